The van der Waals surface area contributed by atoms with Crippen LogP contribution in [0.15, 0.2) is 47.8 Å². The number of nitrogens with one attached hydrogen (secondary N) is 1. The molecule has 0 aliphatic carbocycles. The molecule has 0 bridgehead atoms. The fourth-order valence-corrected chi connectivity index (χ4v) is 4.69. The molecule has 0 aliphatic rings. The molecule has 0 atom stereocenters. The number of hydrogen-bond acceptors (Lipinski definition) is 5. The van der Waals surface area contributed by atoms with Gasteiger partial charge in [0.05, 0.1) is 21.1 Å². The summed E-state index contributed by atoms with van der Waals surface area (Å²) in [6.45, 7) is 0. The van der Waals surface area contributed by atoms with Crippen molar-refractivity contribution in [2.75, 3.05) is 10.5 Å². The highest BCUT2D eigenvalue weighted by Gasteiger charge is 2.24. The number of hydrogen-bond donors (Lipinski definition) is 2. The molecule has 3 N–H and O–H groups in total. The maximum atomic E-state index is 15.4. The summed E-state index contributed by atoms with van der Waals surface area (Å²) in [5.41, 5.74) is 6.47. The molecule has 0 aliphatic heterocycles. The number of fused-ring (bicyclic) bond motifs is 1. The minimum absolute atomic E-state index is 0.0573. The van der Waals surface area contributed by atoms with Crippen molar-refractivity contribution in [2.24, 2.45) is 7.05 Å². The van der Waals surface area contributed by atoms with Crippen molar-refractivity contribution in [1.29, 1.82) is 0 Å². The predicted octanol–water partition coefficient (Wildman–Crippen LogP) is 4.60. The Morgan fingerprint density at radius 3 is 2.55 bits per heavy atom. The van der Waals surface area contributed by atoms with Crippen LogP contribution in [0.4, 0.5) is 20.3 Å². The van der Waals surface area contributed by atoms with Gasteiger partial charge in [-0.05, 0) is 18.2 Å². The molecule has 12 heteroatoms. The largest absolute Gasteiger partial charge is 0.383 e. The molecule has 4 rings (SSSR count). The van der Waals surface area contributed by atoms with Crippen molar-refractivity contribution >= 4 is 55.8 Å². The number of halogens is 4. The fraction of sp³-hybridized carbons (Fsp3) is 0.0526. The van der Waals surface area contributed by atoms with E-state index in [4.69, 9.17) is 28.9 Å². The van der Waals surface area contributed by atoms with Crippen molar-refractivity contribution in [1.82, 2.24) is 14.5 Å². The quantitative estimate of drug-likeness (QED) is 0.412. The first kappa shape index (κ1) is 21.3. The Hall–Kier alpha value is -2.95. The molecular weight excluding hydrogens is 471 g/mol. The average Bonchev–Trinajstić information content (AvgIpc) is 3.04. The van der Waals surface area contributed by atoms with E-state index in [2.05, 4.69) is 14.7 Å². The van der Waals surface area contributed by atoms with Gasteiger partial charge in [-0.3, -0.25) is 4.72 Å². The van der Waals surface area contributed by atoms with Crippen LogP contribution >= 0.6 is 23.2 Å². The Morgan fingerprint density at radius 2 is 1.81 bits per heavy atom. The van der Waals surface area contributed by atoms with Crippen LogP contribution in [-0.2, 0) is 17.1 Å². The van der Waals surface area contributed by atoms with Crippen molar-refractivity contribution < 1.29 is 17.2 Å². The lowest BCUT2D eigenvalue weighted by Gasteiger charge is -2.12. The summed E-state index contributed by atoms with van der Waals surface area (Å²) in [6.07, 6.45) is 2.89. The fourth-order valence-electron chi connectivity index (χ4n) is 3.17. The average molecular weight is 484 g/mol. The second kappa shape index (κ2) is 7.63. The molecule has 0 unspecified atom stereocenters. The first-order chi connectivity index (χ1) is 14.6. The number of nitrogens with two attached hydrogens (primary N) is 1. The number of rotatable bonds is 4. The van der Waals surface area contributed by atoms with Gasteiger partial charge in [-0.1, -0.05) is 35.3 Å². The lowest BCUT2D eigenvalue weighted by Crippen LogP contribution is -2.16. The van der Waals surface area contributed by atoms with Crippen LogP contribution in [0.3, 0.4) is 0 Å². The molecule has 0 saturated carbocycles. The molecule has 0 radical (unpaired) electrons. The van der Waals surface area contributed by atoms with E-state index < -0.39 is 32.2 Å². The van der Waals surface area contributed by atoms with Crippen LogP contribution in [0.5, 0.6) is 0 Å². The van der Waals surface area contributed by atoms with E-state index in [0.29, 0.717) is 16.6 Å². The number of nitrogens with zero attached hydrogens (tertiary/aromatic N) is 3. The SMILES string of the molecule is Cn1cc(-c2cccc(NS(=O)(=O)c3cc(Cl)c(Cl)cc3F)c2F)c2c(N)ncnc21. The van der Waals surface area contributed by atoms with Crippen LogP contribution < -0.4 is 10.5 Å². The van der Waals surface area contributed by atoms with Crippen LogP contribution in [0.25, 0.3) is 22.2 Å². The molecule has 160 valence electrons. The van der Waals surface area contributed by atoms with Crippen molar-refractivity contribution in [3.05, 3.63) is 64.5 Å². The van der Waals surface area contributed by atoms with Crippen molar-refractivity contribution in [3.63, 3.8) is 0 Å². The minimum Gasteiger partial charge on any atom is -0.383 e. The zero-order valence-corrected chi connectivity index (χ0v) is 18.0. The molecule has 0 saturated heterocycles. The van der Waals surface area contributed by atoms with E-state index in [1.54, 1.807) is 17.8 Å². The normalized spacial score (nSPS) is 11.8. The second-order valence-electron chi connectivity index (χ2n) is 6.58. The minimum atomic E-state index is -4.51. The van der Waals surface area contributed by atoms with Gasteiger partial charge in [-0.25, -0.2) is 27.2 Å². The smallest absolute Gasteiger partial charge is 0.264 e. The Balaban J connectivity index is 1.82. The van der Waals surface area contributed by atoms with Gasteiger partial charge in [-0.2, -0.15) is 0 Å². The highest BCUT2D eigenvalue weighted by Crippen LogP contribution is 2.36. The van der Waals surface area contributed by atoms with Gasteiger partial charge in [0.2, 0.25) is 0 Å². The Morgan fingerprint density at radius 1 is 1.10 bits per heavy atom. The molecule has 2 aromatic heterocycles. The molecule has 7 nitrogen and oxygen atoms in total. The molecule has 2 aromatic carbocycles. The first-order valence-electron chi connectivity index (χ1n) is 8.62. The van der Waals surface area contributed by atoms with Crippen LogP contribution in [0.1, 0.15) is 0 Å². The number of nitrogen functional groups attached to an aromatic ring is 1. The van der Waals surface area contributed by atoms with E-state index in [0.717, 1.165) is 12.1 Å². The molecule has 0 fully saturated rings. The van der Waals surface area contributed by atoms with E-state index in [1.807, 2.05) is 0 Å². The standard InChI is InChI=1S/C19H13Cl2F2N5O2S/c1-28-7-10(16-18(24)25-8-26-19(16)28)9-3-2-4-14(17(9)23)27-31(29,30)15-6-12(21)11(20)5-13(15)22/h2-8,27H,1H3,(H2,24,25,26). The van der Waals surface area contributed by atoms with Gasteiger partial charge >= 0.3 is 0 Å². The summed E-state index contributed by atoms with van der Waals surface area (Å²) in [5, 5.41) is 0.102. The third kappa shape index (κ3) is 3.67. The summed E-state index contributed by atoms with van der Waals surface area (Å²) < 4.78 is 58.7. The summed E-state index contributed by atoms with van der Waals surface area (Å²) in [6, 6.07) is 5.72. The van der Waals surface area contributed by atoms with Crippen molar-refractivity contribution in [3.8, 4) is 11.1 Å². The molecule has 0 amide bonds. The highest BCUT2D eigenvalue weighted by atomic mass is 35.5. The van der Waals surface area contributed by atoms with Crippen LogP contribution in [0.2, 0.25) is 10.0 Å². The summed E-state index contributed by atoms with van der Waals surface area (Å²) in [5.74, 6) is -1.87. The summed E-state index contributed by atoms with van der Waals surface area (Å²) in [7, 11) is -2.81. The van der Waals surface area contributed by atoms with E-state index in [9.17, 15) is 12.8 Å². The van der Waals surface area contributed by atoms with E-state index in [1.165, 1.54) is 24.5 Å². The number of benzene rings is 2. The number of aryl methyl sites for hydroxylation is 1. The third-order valence-corrected chi connectivity index (χ3v) is 6.68. The number of aromatic nitrogens is 3. The molecule has 0 spiro atoms. The summed E-state index contributed by atoms with van der Waals surface area (Å²) in [4.78, 5) is 7.31. The van der Waals surface area contributed by atoms with Gasteiger partial charge in [0, 0.05) is 24.4 Å². The topological polar surface area (TPSA) is 103 Å². The monoisotopic (exact) mass is 483 g/mol. The third-order valence-electron chi connectivity index (χ3n) is 4.58. The molecule has 31 heavy (non-hydrogen) atoms. The Bertz CT molecular complexity index is 1460. The Labute approximate surface area is 185 Å². The van der Waals surface area contributed by atoms with Gasteiger partial charge in [0.15, 0.2) is 5.82 Å². The van der Waals surface area contributed by atoms with E-state index >= 15 is 4.39 Å². The molecule has 2 heterocycles. The Kier molecular flexibility index (Phi) is 5.24. The molecular formula is C19H13Cl2F2N5O2S. The van der Waals surface area contributed by atoms with Crippen LogP contribution in [0, 0.1) is 11.6 Å². The van der Waals surface area contributed by atoms with Gasteiger partial charge in [0.1, 0.15) is 28.5 Å². The number of sulfonamides is 1. The zero-order chi connectivity index (χ0) is 22.5. The van der Waals surface area contributed by atoms with Gasteiger partial charge in [-0.15, -0.1) is 0 Å². The van der Waals surface area contributed by atoms with E-state index in [-0.39, 0.29) is 21.4 Å². The lowest BCUT2D eigenvalue weighted by atomic mass is 10.0. The lowest BCUT2D eigenvalue weighted by molar-refractivity contribution is 0.569. The highest BCUT2D eigenvalue weighted by molar-refractivity contribution is 7.92. The summed E-state index contributed by atoms with van der Waals surface area (Å²) >= 11 is 11.5. The zero-order valence-electron chi connectivity index (χ0n) is 15.7. The first-order valence-corrected chi connectivity index (χ1v) is 10.9. The maximum Gasteiger partial charge on any atom is 0.264 e. The molecule has 4 aromatic rings. The number of anilines is 2. The van der Waals surface area contributed by atoms with Gasteiger partial charge in [0.25, 0.3) is 10.0 Å². The van der Waals surface area contributed by atoms with Gasteiger partial charge < -0.3 is 10.3 Å². The maximum absolute atomic E-state index is 15.4. The predicted molar refractivity (Wildman–Crippen MR) is 116 cm³/mol. The van der Waals surface area contributed by atoms with Crippen molar-refractivity contribution in [2.45, 2.75) is 4.90 Å². The second-order valence-corrected chi connectivity index (χ2v) is 9.05. The van der Waals surface area contributed by atoms with Crippen LogP contribution in [-0.4, -0.2) is 23.0 Å².